The summed E-state index contributed by atoms with van der Waals surface area (Å²) in [6, 6.07) is 3.16. The van der Waals surface area contributed by atoms with Gasteiger partial charge in [-0.2, -0.15) is 0 Å². The van der Waals surface area contributed by atoms with Gasteiger partial charge >= 0.3 is 5.97 Å². The van der Waals surface area contributed by atoms with Crippen LogP contribution in [0.15, 0.2) is 18.3 Å². The van der Waals surface area contributed by atoms with E-state index in [1.807, 2.05) is 6.92 Å². The second-order valence-corrected chi connectivity index (χ2v) is 4.55. The molecule has 6 nitrogen and oxygen atoms in total. The Morgan fingerprint density at radius 1 is 1.47 bits per heavy atom. The third kappa shape index (κ3) is 5.85. The number of nitrogens with two attached hydrogens (primary N) is 1. The van der Waals surface area contributed by atoms with E-state index in [0.29, 0.717) is 30.3 Å². The Kier molecular flexibility index (Phi) is 5.78. The molecule has 4 N–H and O–H groups in total. The first-order valence-electron chi connectivity index (χ1n) is 6.20. The SMILES string of the molecule is CC(CCNc1cc(C(N)=O)ccn1)CCC(=O)O. The number of carbonyl (C=O) groups excluding carboxylic acids is 1. The van der Waals surface area contributed by atoms with Crippen LogP contribution in [0.3, 0.4) is 0 Å². The molecule has 1 rings (SSSR count). The zero-order valence-corrected chi connectivity index (χ0v) is 10.9. The van der Waals surface area contributed by atoms with E-state index in [0.717, 1.165) is 6.42 Å². The summed E-state index contributed by atoms with van der Waals surface area (Å²) in [5, 5.41) is 11.7. The van der Waals surface area contributed by atoms with Gasteiger partial charge in [0.05, 0.1) is 0 Å². The monoisotopic (exact) mass is 265 g/mol. The molecule has 6 heteroatoms. The molecule has 0 bridgehead atoms. The number of anilines is 1. The second-order valence-electron chi connectivity index (χ2n) is 4.55. The maximum absolute atomic E-state index is 11.0. The average molecular weight is 265 g/mol. The van der Waals surface area contributed by atoms with Crippen molar-refractivity contribution in [1.29, 1.82) is 0 Å². The summed E-state index contributed by atoms with van der Waals surface area (Å²) in [7, 11) is 0. The summed E-state index contributed by atoms with van der Waals surface area (Å²) in [6.45, 7) is 2.69. The van der Waals surface area contributed by atoms with Crippen LogP contribution in [0, 0.1) is 5.92 Å². The lowest BCUT2D eigenvalue weighted by molar-refractivity contribution is -0.137. The van der Waals surface area contributed by atoms with Crippen LogP contribution in [0.4, 0.5) is 5.82 Å². The molecule has 0 saturated heterocycles. The molecule has 0 aliphatic heterocycles. The molecule has 0 aromatic carbocycles. The molecule has 0 aliphatic rings. The summed E-state index contributed by atoms with van der Waals surface area (Å²) < 4.78 is 0. The van der Waals surface area contributed by atoms with Crippen LogP contribution >= 0.6 is 0 Å². The Bertz CT molecular complexity index is 449. The number of nitrogens with one attached hydrogen (secondary N) is 1. The molecule has 1 aromatic rings. The van der Waals surface area contributed by atoms with E-state index in [1.54, 1.807) is 12.1 Å². The van der Waals surface area contributed by atoms with Crippen LogP contribution in [0.1, 0.15) is 36.5 Å². The van der Waals surface area contributed by atoms with Gasteiger partial charge in [-0.15, -0.1) is 0 Å². The van der Waals surface area contributed by atoms with Gasteiger partial charge in [0.25, 0.3) is 0 Å². The highest BCUT2D eigenvalue weighted by atomic mass is 16.4. The third-order valence-electron chi connectivity index (χ3n) is 2.84. The second kappa shape index (κ2) is 7.35. The van der Waals surface area contributed by atoms with Gasteiger partial charge < -0.3 is 16.2 Å². The molecule has 1 aromatic heterocycles. The van der Waals surface area contributed by atoms with E-state index < -0.39 is 11.9 Å². The Morgan fingerprint density at radius 2 is 2.21 bits per heavy atom. The highest BCUT2D eigenvalue weighted by Gasteiger charge is 2.06. The number of hydrogen-bond acceptors (Lipinski definition) is 4. The number of hydrogen-bond donors (Lipinski definition) is 3. The average Bonchev–Trinajstić information content (AvgIpc) is 2.36. The highest BCUT2D eigenvalue weighted by molar-refractivity contribution is 5.93. The largest absolute Gasteiger partial charge is 0.481 e. The first-order valence-corrected chi connectivity index (χ1v) is 6.20. The zero-order chi connectivity index (χ0) is 14.3. The lowest BCUT2D eigenvalue weighted by Crippen LogP contribution is -2.13. The Balaban J connectivity index is 2.34. The van der Waals surface area contributed by atoms with Crippen LogP contribution in [0.5, 0.6) is 0 Å². The number of carboxylic acids is 1. The smallest absolute Gasteiger partial charge is 0.303 e. The molecule has 0 saturated carbocycles. The van der Waals surface area contributed by atoms with Gasteiger partial charge in [0, 0.05) is 24.7 Å². The van der Waals surface area contributed by atoms with E-state index in [2.05, 4.69) is 10.3 Å². The lowest BCUT2D eigenvalue weighted by Gasteiger charge is -2.11. The van der Waals surface area contributed by atoms with Gasteiger partial charge in [-0.05, 0) is 30.9 Å². The number of aromatic nitrogens is 1. The van der Waals surface area contributed by atoms with E-state index >= 15 is 0 Å². The summed E-state index contributed by atoms with van der Waals surface area (Å²) in [5.74, 6) is -0.333. The van der Waals surface area contributed by atoms with Crippen molar-refractivity contribution in [2.75, 3.05) is 11.9 Å². The Labute approximate surface area is 112 Å². The first kappa shape index (κ1) is 14.9. The van der Waals surface area contributed by atoms with Crippen LogP contribution in [-0.2, 0) is 4.79 Å². The van der Waals surface area contributed by atoms with Crippen molar-refractivity contribution in [2.45, 2.75) is 26.2 Å². The highest BCUT2D eigenvalue weighted by Crippen LogP contribution is 2.11. The van der Waals surface area contributed by atoms with E-state index in [4.69, 9.17) is 10.8 Å². The van der Waals surface area contributed by atoms with Gasteiger partial charge in [0.2, 0.25) is 5.91 Å². The maximum Gasteiger partial charge on any atom is 0.303 e. The standard InChI is InChI=1S/C13H19N3O3/c1-9(2-3-12(17)18)4-6-15-11-8-10(13(14)19)5-7-16-11/h5,7-9H,2-4,6H2,1H3,(H2,14,19)(H,15,16)(H,17,18). The van der Waals surface area contributed by atoms with Crippen molar-refractivity contribution in [3.63, 3.8) is 0 Å². The predicted molar refractivity (Wildman–Crippen MR) is 71.9 cm³/mol. The van der Waals surface area contributed by atoms with Crippen molar-refractivity contribution in [2.24, 2.45) is 11.7 Å². The number of pyridine rings is 1. The van der Waals surface area contributed by atoms with Crippen molar-refractivity contribution in [3.05, 3.63) is 23.9 Å². The van der Waals surface area contributed by atoms with Crippen LogP contribution < -0.4 is 11.1 Å². The molecule has 0 radical (unpaired) electrons. The van der Waals surface area contributed by atoms with Crippen molar-refractivity contribution in [3.8, 4) is 0 Å². The predicted octanol–water partition coefficient (Wildman–Crippen LogP) is 1.48. The van der Waals surface area contributed by atoms with Crippen molar-refractivity contribution in [1.82, 2.24) is 4.98 Å². The Morgan fingerprint density at radius 3 is 2.84 bits per heavy atom. The van der Waals surface area contributed by atoms with Gasteiger partial charge in [0.1, 0.15) is 5.82 Å². The van der Waals surface area contributed by atoms with E-state index in [1.165, 1.54) is 6.20 Å². The molecule has 1 amide bonds. The van der Waals surface area contributed by atoms with Gasteiger partial charge in [-0.1, -0.05) is 6.92 Å². The molecule has 1 unspecified atom stereocenters. The summed E-state index contributed by atoms with van der Waals surface area (Å²) in [6.07, 6.45) is 3.22. The number of primary amides is 1. The van der Waals surface area contributed by atoms with E-state index in [9.17, 15) is 9.59 Å². The number of amides is 1. The number of carboxylic acid groups (broad SMARTS) is 1. The topological polar surface area (TPSA) is 105 Å². The van der Waals surface area contributed by atoms with Crippen molar-refractivity contribution < 1.29 is 14.7 Å². The minimum absolute atomic E-state index is 0.191. The minimum Gasteiger partial charge on any atom is -0.481 e. The van der Waals surface area contributed by atoms with Gasteiger partial charge in [0.15, 0.2) is 0 Å². The normalized spacial score (nSPS) is 11.8. The summed E-state index contributed by atoms with van der Waals surface area (Å²) >= 11 is 0. The fourth-order valence-corrected chi connectivity index (χ4v) is 1.64. The van der Waals surface area contributed by atoms with Crippen molar-refractivity contribution >= 4 is 17.7 Å². The number of carbonyl (C=O) groups is 2. The summed E-state index contributed by atoms with van der Waals surface area (Å²) in [5.41, 5.74) is 5.59. The van der Waals surface area contributed by atoms with Crippen LogP contribution in [0.2, 0.25) is 0 Å². The third-order valence-corrected chi connectivity index (χ3v) is 2.84. The quantitative estimate of drug-likeness (QED) is 0.660. The lowest BCUT2D eigenvalue weighted by atomic mass is 10.0. The fourth-order valence-electron chi connectivity index (χ4n) is 1.64. The number of nitrogens with zero attached hydrogens (tertiary/aromatic N) is 1. The molecular weight excluding hydrogens is 246 g/mol. The molecule has 0 fully saturated rings. The molecule has 104 valence electrons. The number of rotatable bonds is 8. The van der Waals surface area contributed by atoms with Crippen LogP contribution in [-0.4, -0.2) is 28.5 Å². The minimum atomic E-state index is -0.768. The van der Waals surface area contributed by atoms with E-state index in [-0.39, 0.29) is 6.42 Å². The molecule has 19 heavy (non-hydrogen) atoms. The Hall–Kier alpha value is -2.11. The molecule has 1 heterocycles. The van der Waals surface area contributed by atoms with Gasteiger partial charge in [-0.25, -0.2) is 4.98 Å². The molecule has 1 atom stereocenters. The summed E-state index contributed by atoms with van der Waals surface area (Å²) in [4.78, 5) is 25.5. The molecule has 0 aliphatic carbocycles. The molecule has 0 spiro atoms. The van der Waals surface area contributed by atoms with Gasteiger partial charge in [-0.3, -0.25) is 9.59 Å². The van der Waals surface area contributed by atoms with Crippen LogP contribution in [0.25, 0.3) is 0 Å². The maximum atomic E-state index is 11.0. The zero-order valence-electron chi connectivity index (χ0n) is 10.9. The fraction of sp³-hybridized carbons (Fsp3) is 0.462. The number of aliphatic carboxylic acids is 1. The molecular formula is C13H19N3O3. The first-order chi connectivity index (χ1) is 8.99.